The van der Waals surface area contributed by atoms with Crippen molar-refractivity contribution in [1.29, 1.82) is 0 Å². The predicted molar refractivity (Wildman–Crippen MR) is 65.0 cm³/mol. The second-order valence-electron chi connectivity index (χ2n) is 3.72. The second-order valence-corrected chi connectivity index (χ2v) is 3.72. The van der Waals surface area contributed by atoms with E-state index in [0.29, 0.717) is 17.0 Å². The average Bonchev–Trinajstić information content (AvgIpc) is 2.28. The van der Waals surface area contributed by atoms with Gasteiger partial charge in [-0.1, -0.05) is 13.2 Å². The zero-order chi connectivity index (χ0) is 13.0. The molecule has 0 bridgehead atoms. The zero-order valence-electron chi connectivity index (χ0n) is 9.91. The Bertz CT molecular complexity index is 447. The smallest absolute Gasteiger partial charge is 0.271 e. The third kappa shape index (κ3) is 3.34. The van der Waals surface area contributed by atoms with E-state index >= 15 is 0 Å². The first-order valence-electron chi connectivity index (χ1n) is 5.03. The number of nitrogens with zero attached hydrogens (tertiary/aromatic N) is 1. The molecule has 0 spiro atoms. The van der Waals surface area contributed by atoms with E-state index in [1.54, 1.807) is 32.2 Å². The van der Waals surface area contributed by atoms with Gasteiger partial charge in [0.1, 0.15) is 5.82 Å². The Kier molecular flexibility index (Phi) is 3.87. The summed E-state index contributed by atoms with van der Waals surface area (Å²) in [7, 11) is 0. The topological polar surface area (TPSA) is 61.4 Å². The molecular weight excluding hydrogens is 218 g/mol. The van der Waals surface area contributed by atoms with Crippen LogP contribution in [0.1, 0.15) is 13.8 Å². The highest BCUT2D eigenvalue weighted by molar-refractivity contribution is 5.94. The van der Waals surface area contributed by atoms with Crippen molar-refractivity contribution in [1.82, 2.24) is 15.8 Å². The normalized spacial score (nSPS) is 13.5. The van der Waals surface area contributed by atoms with Crippen molar-refractivity contribution in [3.63, 3.8) is 0 Å². The summed E-state index contributed by atoms with van der Waals surface area (Å²) in [4.78, 5) is 23.0. The number of amides is 2. The van der Waals surface area contributed by atoms with Crippen LogP contribution in [0.15, 0.2) is 48.5 Å². The Morgan fingerprint density at radius 2 is 1.94 bits per heavy atom. The lowest BCUT2D eigenvalue weighted by molar-refractivity contribution is -0.127. The maximum atomic E-state index is 11.6. The molecule has 0 aromatic rings. The summed E-state index contributed by atoms with van der Waals surface area (Å²) >= 11 is 0. The molecule has 1 aliphatic heterocycles. The molecule has 17 heavy (non-hydrogen) atoms. The van der Waals surface area contributed by atoms with Gasteiger partial charge in [0.2, 0.25) is 0 Å². The third-order valence-corrected chi connectivity index (χ3v) is 1.96. The minimum Gasteiger partial charge on any atom is -0.307 e. The molecule has 0 aliphatic carbocycles. The highest BCUT2D eigenvalue weighted by Crippen LogP contribution is 2.04. The number of hydrogen-bond acceptors (Lipinski definition) is 3. The Morgan fingerprint density at radius 1 is 1.29 bits per heavy atom. The largest absolute Gasteiger partial charge is 0.307 e. The highest BCUT2D eigenvalue weighted by atomic mass is 16.2. The molecule has 0 aromatic carbocycles. The molecule has 0 unspecified atom stereocenters. The van der Waals surface area contributed by atoms with Crippen molar-refractivity contribution in [3.05, 3.63) is 48.5 Å². The summed E-state index contributed by atoms with van der Waals surface area (Å²) in [5.74, 6) is -0.159. The summed E-state index contributed by atoms with van der Waals surface area (Å²) in [6, 6.07) is 0. The van der Waals surface area contributed by atoms with Crippen LogP contribution in [0.25, 0.3) is 0 Å². The van der Waals surface area contributed by atoms with Crippen molar-refractivity contribution in [2.75, 3.05) is 0 Å². The van der Waals surface area contributed by atoms with Gasteiger partial charge < -0.3 is 5.32 Å². The lowest BCUT2D eigenvalue weighted by Crippen LogP contribution is -2.45. The molecular formula is C12H15N3O2. The molecule has 5 heteroatoms. The zero-order valence-corrected chi connectivity index (χ0v) is 9.91. The lowest BCUT2D eigenvalue weighted by atomic mass is 10.3. The van der Waals surface area contributed by atoms with E-state index in [4.69, 9.17) is 0 Å². The van der Waals surface area contributed by atoms with Gasteiger partial charge in [0, 0.05) is 17.3 Å². The molecule has 0 radical (unpaired) electrons. The SMILES string of the molecule is C=C(C)C(=O)NC1=CC=CN(C(=O)C(=C)C)N1. The molecule has 2 N–H and O–H groups in total. The van der Waals surface area contributed by atoms with E-state index in [2.05, 4.69) is 23.9 Å². The molecule has 0 atom stereocenters. The number of hydrogen-bond donors (Lipinski definition) is 2. The van der Waals surface area contributed by atoms with Gasteiger partial charge >= 0.3 is 0 Å². The van der Waals surface area contributed by atoms with E-state index in [9.17, 15) is 9.59 Å². The second kappa shape index (κ2) is 5.16. The van der Waals surface area contributed by atoms with Crippen LogP contribution in [0.5, 0.6) is 0 Å². The monoisotopic (exact) mass is 233 g/mol. The average molecular weight is 233 g/mol. The molecule has 90 valence electrons. The van der Waals surface area contributed by atoms with Gasteiger partial charge in [-0.25, -0.2) is 5.01 Å². The van der Waals surface area contributed by atoms with Crippen molar-refractivity contribution in [2.24, 2.45) is 0 Å². The molecule has 1 aliphatic rings. The van der Waals surface area contributed by atoms with Gasteiger partial charge in [0.25, 0.3) is 11.8 Å². The number of carbonyl (C=O) groups is 2. The van der Waals surface area contributed by atoms with E-state index in [1.165, 1.54) is 5.01 Å². The van der Waals surface area contributed by atoms with Crippen molar-refractivity contribution < 1.29 is 9.59 Å². The number of rotatable bonds is 3. The molecule has 0 aromatic heterocycles. The van der Waals surface area contributed by atoms with Crippen LogP contribution in [0.4, 0.5) is 0 Å². The maximum Gasteiger partial charge on any atom is 0.271 e. The van der Waals surface area contributed by atoms with Crippen LogP contribution in [0, 0.1) is 0 Å². The summed E-state index contributed by atoms with van der Waals surface area (Å²) in [5, 5.41) is 3.83. The summed E-state index contributed by atoms with van der Waals surface area (Å²) in [6.45, 7) is 10.3. The quantitative estimate of drug-likeness (QED) is 0.714. The van der Waals surface area contributed by atoms with Gasteiger partial charge in [-0.05, 0) is 26.0 Å². The number of hydrazine groups is 1. The van der Waals surface area contributed by atoms with Crippen LogP contribution < -0.4 is 10.7 Å². The fourth-order valence-electron chi connectivity index (χ4n) is 1.05. The minimum absolute atomic E-state index is 0.267. The molecule has 0 saturated carbocycles. The van der Waals surface area contributed by atoms with Gasteiger partial charge in [0.15, 0.2) is 0 Å². The standard InChI is InChI=1S/C12H15N3O2/c1-8(2)11(16)13-10-6-5-7-15(14-10)12(17)9(3)4/h5-7,14H,1,3H2,2,4H3,(H,13,16). The molecule has 2 amide bonds. The number of allylic oxidation sites excluding steroid dienone is 2. The lowest BCUT2D eigenvalue weighted by Gasteiger charge is -2.25. The van der Waals surface area contributed by atoms with Gasteiger partial charge in [-0.3, -0.25) is 15.0 Å². The molecule has 0 fully saturated rings. The Morgan fingerprint density at radius 3 is 2.47 bits per heavy atom. The first-order chi connectivity index (χ1) is 7.91. The van der Waals surface area contributed by atoms with Crippen molar-refractivity contribution >= 4 is 11.8 Å². The first kappa shape index (κ1) is 12.8. The van der Waals surface area contributed by atoms with E-state index in [-0.39, 0.29) is 11.8 Å². The van der Waals surface area contributed by atoms with Crippen molar-refractivity contribution in [2.45, 2.75) is 13.8 Å². The van der Waals surface area contributed by atoms with Crippen LogP contribution >= 0.6 is 0 Å². The van der Waals surface area contributed by atoms with Gasteiger partial charge in [-0.15, -0.1) is 0 Å². The van der Waals surface area contributed by atoms with Crippen molar-refractivity contribution in [3.8, 4) is 0 Å². The fourth-order valence-corrected chi connectivity index (χ4v) is 1.05. The highest BCUT2D eigenvalue weighted by Gasteiger charge is 2.15. The molecule has 1 heterocycles. The van der Waals surface area contributed by atoms with E-state index in [0.717, 1.165) is 0 Å². The van der Waals surface area contributed by atoms with Crippen LogP contribution in [0.3, 0.4) is 0 Å². The van der Waals surface area contributed by atoms with Gasteiger partial charge in [-0.2, -0.15) is 0 Å². The van der Waals surface area contributed by atoms with Gasteiger partial charge in [0.05, 0.1) is 0 Å². The van der Waals surface area contributed by atoms with Crippen LogP contribution in [0.2, 0.25) is 0 Å². The fraction of sp³-hybridized carbons (Fsp3) is 0.167. The Labute approximate surface area is 100 Å². The molecule has 1 rings (SSSR count). The van der Waals surface area contributed by atoms with E-state index in [1.807, 2.05) is 0 Å². The summed E-state index contributed by atoms with van der Waals surface area (Å²) < 4.78 is 0. The number of nitrogens with one attached hydrogen (secondary N) is 2. The Hall–Kier alpha value is -2.30. The predicted octanol–water partition coefficient (Wildman–Crippen LogP) is 0.957. The molecule has 5 nitrogen and oxygen atoms in total. The minimum atomic E-state index is -0.304. The maximum absolute atomic E-state index is 11.6. The molecule has 0 saturated heterocycles. The third-order valence-electron chi connectivity index (χ3n) is 1.96. The summed E-state index contributed by atoms with van der Waals surface area (Å²) in [5.41, 5.74) is 3.53. The first-order valence-corrected chi connectivity index (χ1v) is 5.03. The van der Waals surface area contributed by atoms with Crippen LogP contribution in [-0.4, -0.2) is 16.8 Å². The van der Waals surface area contributed by atoms with Crippen LogP contribution in [-0.2, 0) is 9.59 Å². The number of carbonyl (C=O) groups excluding carboxylic acids is 2. The Balaban J connectivity index is 2.68. The summed E-state index contributed by atoms with van der Waals surface area (Å²) in [6.07, 6.45) is 4.84. The van der Waals surface area contributed by atoms with E-state index < -0.39 is 0 Å².